The molecule has 2 aliphatic rings. The zero-order valence-corrected chi connectivity index (χ0v) is 12.4. The highest BCUT2D eigenvalue weighted by atomic mass is 16.5. The van der Waals surface area contributed by atoms with Crippen LogP contribution in [0.4, 0.5) is 0 Å². The number of ether oxygens (including phenoxy) is 1. The molecule has 110 valence electrons. The molecule has 1 amide bonds. The van der Waals surface area contributed by atoms with Crippen molar-refractivity contribution in [3.05, 3.63) is 0 Å². The summed E-state index contributed by atoms with van der Waals surface area (Å²) in [7, 11) is 0. The molecule has 0 aromatic carbocycles. The summed E-state index contributed by atoms with van der Waals surface area (Å²) in [5.74, 6) is 0.304. The summed E-state index contributed by atoms with van der Waals surface area (Å²) < 4.78 is 5.66. The molecular weight excluding hydrogens is 240 g/mol. The van der Waals surface area contributed by atoms with Crippen LogP contribution in [0.15, 0.2) is 0 Å². The topological polar surface area (TPSA) is 41.6 Å². The first-order valence-electron chi connectivity index (χ1n) is 7.94. The normalized spacial score (nSPS) is 31.4. The van der Waals surface area contributed by atoms with Gasteiger partial charge >= 0.3 is 0 Å². The quantitative estimate of drug-likeness (QED) is 0.770. The SMILES string of the molecule is CCCC1NC(CCC)N(CCC2CCCO2)C1=O. The van der Waals surface area contributed by atoms with E-state index in [9.17, 15) is 4.79 Å². The van der Waals surface area contributed by atoms with E-state index < -0.39 is 0 Å². The Bertz CT molecular complexity index is 290. The lowest BCUT2D eigenvalue weighted by atomic mass is 10.1. The van der Waals surface area contributed by atoms with Crippen molar-refractivity contribution >= 4 is 5.91 Å². The van der Waals surface area contributed by atoms with Crippen LogP contribution < -0.4 is 5.32 Å². The maximum absolute atomic E-state index is 12.4. The van der Waals surface area contributed by atoms with E-state index in [0.29, 0.717) is 12.0 Å². The van der Waals surface area contributed by atoms with Crippen LogP contribution in [0.2, 0.25) is 0 Å². The highest BCUT2D eigenvalue weighted by Crippen LogP contribution is 2.21. The Morgan fingerprint density at radius 1 is 1.26 bits per heavy atom. The number of hydrogen-bond acceptors (Lipinski definition) is 3. The molecule has 19 heavy (non-hydrogen) atoms. The Kier molecular flexibility index (Phi) is 5.64. The van der Waals surface area contributed by atoms with Crippen LogP contribution in [-0.2, 0) is 9.53 Å². The van der Waals surface area contributed by atoms with Gasteiger partial charge in [-0.05, 0) is 32.1 Å². The predicted octanol–water partition coefficient (Wildman–Crippen LogP) is 2.28. The molecule has 2 rings (SSSR count). The van der Waals surface area contributed by atoms with E-state index in [-0.39, 0.29) is 12.2 Å². The highest BCUT2D eigenvalue weighted by molar-refractivity contribution is 5.84. The van der Waals surface area contributed by atoms with E-state index in [0.717, 1.165) is 51.7 Å². The molecule has 2 fully saturated rings. The molecule has 2 aliphatic heterocycles. The standard InChI is InChI=1S/C15H28N2O2/c1-3-6-13-15(18)17(14(16-13)7-4-2)10-9-12-8-5-11-19-12/h12-14,16H,3-11H2,1-2H3. The molecule has 0 aromatic rings. The Morgan fingerprint density at radius 3 is 2.68 bits per heavy atom. The minimum Gasteiger partial charge on any atom is -0.378 e. The lowest BCUT2D eigenvalue weighted by molar-refractivity contribution is -0.130. The monoisotopic (exact) mass is 268 g/mol. The second-order valence-electron chi connectivity index (χ2n) is 5.77. The molecule has 2 heterocycles. The number of carbonyl (C=O) groups is 1. The van der Waals surface area contributed by atoms with Gasteiger partial charge in [0, 0.05) is 13.2 Å². The lowest BCUT2D eigenvalue weighted by Gasteiger charge is -2.25. The van der Waals surface area contributed by atoms with Crippen LogP contribution >= 0.6 is 0 Å². The maximum Gasteiger partial charge on any atom is 0.241 e. The van der Waals surface area contributed by atoms with Gasteiger partial charge in [-0.1, -0.05) is 26.7 Å². The molecule has 0 bridgehead atoms. The Morgan fingerprint density at radius 2 is 2.05 bits per heavy atom. The third kappa shape index (κ3) is 3.69. The fraction of sp³-hybridized carbons (Fsp3) is 0.933. The Hall–Kier alpha value is -0.610. The van der Waals surface area contributed by atoms with Gasteiger partial charge in [-0.3, -0.25) is 10.1 Å². The van der Waals surface area contributed by atoms with E-state index in [2.05, 4.69) is 24.1 Å². The number of nitrogens with zero attached hydrogens (tertiary/aromatic N) is 1. The molecule has 2 saturated heterocycles. The van der Waals surface area contributed by atoms with E-state index in [1.807, 2.05) is 0 Å². The molecule has 3 atom stereocenters. The largest absolute Gasteiger partial charge is 0.378 e. The summed E-state index contributed by atoms with van der Waals surface area (Å²) in [6.07, 6.45) is 8.12. The molecule has 4 heteroatoms. The first-order chi connectivity index (χ1) is 9.26. The van der Waals surface area contributed by atoms with Crippen LogP contribution in [0.5, 0.6) is 0 Å². The lowest BCUT2D eigenvalue weighted by Crippen LogP contribution is -2.38. The van der Waals surface area contributed by atoms with E-state index in [1.54, 1.807) is 0 Å². The fourth-order valence-corrected chi connectivity index (χ4v) is 3.18. The Balaban J connectivity index is 1.88. The number of carbonyl (C=O) groups excluding carboxylic acids is 1. The second kappa shape index (κ2) is 7.25. The molecule has 0 radical (unpaired) electrons. The van der Waals surface area contributed by atoms with Crippen LogP contribution in [0.1, 0.15) is 58.8 Å². The van der Waals surface area contributed by atoms with Crippen molar-refractivity contribution in [1.29, 1.82) is 0 Å². The minimum atomic E-state index is 0.0473. The fourth-order valence-electron chi connectivity index (χ4n) is 3.18. The summed E-state index contributed by atoms with van der Waals surface area (Å²) in [5, 5.41) is 3.50. The van der Waals surface area contributed by atoms with Crippen molar-refractivity contribution in [1.82, 2.24) is 10.2 Å². The molecular formula is C15H28N2O2. The molecule has 4 nitrogen and oxygen atoms in total. The molecule has 1 N–H and O–H groups in total. The third-order valence-corrected chi connectivity index (χ3v) is 4.21. The molecule has 0 spiro atoms. The van der Waals surface area contributed by atoms with Gasteiger partial charge in [0.25, 0.3) is 0 Å². The second-order valence-corrected chi connectivity index (χ2v) is 5.77. The number of rotatable bonds is 7. The van der Waals surface area contributed by atoms with Crippen LogP contribution in [0.25, 0.3) is 0 Å². The van der Waals surface area contributed by atoms with Gasteiger partial charge in [-0.25, -0.2) is 0 Å². The molecule has 0 aliphatic carbocycles. The van der Waals surface area contributed by atoms with Crippen molar-refractivity contribution in [3.63, 3.8) is 0 Å². The number of nitrogens with one attached hydrogen (secondary N) is 1. The summed E-state index contributed by atoms with van der Waals surface area (Å²) in [5.41, 5.74) is 0. The van der Waals surface area contributed by atoms with Crippen molar-refractivity contribution in [2.24, 2.45) is 0 Å². The van der Waals surface area contributed by atoms with Gasteiger partial charge in [0.05, 0.1) is 18.3 Å². The minimum absolute atomic E-state index is 0.0473. The van der Waals surface area contributed by atoms with Crippen LogP contribution in [-0.4, -0.2) is 42.3 Å². The van der Waals surface area contributed by atoms with Gasteiger partial charge in [0.2, 0.25) is 5.91 Å². The Labute approximate surface area is 116 Å². The van der Waals surface area contributed by atoms with E-state index in [4.69, 9.17) is 4.74 Å². The predicted molar refractivity (Wildman–Crippen MR) is 75.8 cm³/mol. The zero-order chi connectivity index (χ0) is 13.7. The van der Waals surface area contributed by atoms with Crippen LogP contribution in [0, 0.1) is 0 Å². The first-order valence-corrected chi connectivity index (χ1v) is 7.94. The van der Waals surface area contributed by atoms with Gasteiger partial charge < -0.3 is 9.64 Å². The molecule has 0 aromatic heterocycles. The number of hydrogen-bond donors (Lipinski definition) is 1. The van der Waals surface area contributed by atoms with E-state index >= 15 is 0 Å². The van der Waals surface area contributed by atoms with Gasteiger partial charge in [-0.15, -0.1) is 0 Å². The van der Waals surface area contributed by atoms with Crippen molar-refractivity contribution in [2.75, 3.05) is 13.2 Å². The first kappa shape index (κ1) is 14.8. The molecule has 0 saturated carbocycles. The van der Waals surface area contributed by atoms with Gasteiger partial charge in [0.1, 0.15) is 0 Å². The summed E-state index contributed by atoms with van der Waals surface area (Å²) >= 11 is 0. The number of amides is 1. The van der Waals surface area contributed by atoms with Crippen LogP contribution in [0.3, 0.4) is 0 Å². The third-order valence-electron chi connectivity index (χ3n) is 4.21. The van der Waals surface area contributed by atoms with Crippen molar-refractivity contribution in [3.8, 4) is 0 Å². The highest BCUT2D eigenvalue weighted by Gasteiger charge is 2.37. The zero-order valence-electron chi connectivity index (χ0n) is 12.4. The summed E-state index contributed by atoms with van der Waals surface area (Å²) in [4.78, 5) is 14.5. The average Bonchev–Trinajstić information content (AvgIpc) is 2.99. The summed E-state index contributed by atoms with van der Waals surface area (Å²) in [6, 6.07) is 0.0473. The van der Waals surface area contributed by atoms with Gasteiger partial charge in [-0.2, -0.15) is 0 Å². The van der Waals surface area contributed by atoms with Crippen molar-refractivity contribution < 1.29 is 9.53 Å². The van der Waals surface area contributed by atoms with E-state index in [1.165, 1.54) is 6.42 Å². The van der Waals surface area contributed by atoms with Gasteiger partial charge in [0.15, 0.2) is 0 Å². The molecule has 3 unspecified atom stereocenters. The average molecular weight is 268 g/mol. The smallest absolute Gasteiger partial charge is 0.241 e. The maximum atomic E-state index is 12.4. The summed E-state index contributed by atoms with van der Waals surface area (Å²) in [6.45, 7) is 6.06. The van der Waals surface area contributed by atoms with Crippen molar-refractivity contribution in [2.45, 2.75) is 77.1 Å².